The maximum atomic E-state index is 13.1. The highest BCUT2D eigenvalue weighted by molar-refractivity contribution is 7.86. The molecular weight excluding hydrogens is 612 g/mol. The number of alkyl halides is 1. The topological polar surface area (TPSA) is 63.6 Å². The van der Waals surface area contributed by atoms with Crippen molar-refractivity contribution in [2.45, 2.75) is 140 Å². The Morgan fingerprint density at radius 3 is 1.48 bits per heavy atom. The molecule has 0 aromatic heterocycles. The van der Waals surface area contributed by atoms with E-state index in [2.05, 4.69) is 105 Å². The molecule has 4 nitrogen and oxygen atoms in total. The summed E-state index contributed by atoms with van der Waals surface area (Å²) in [5.74, 6) is 12.3. The fourth-order valence-corrected chi connectivity index (χ4v) is 11.0. The summed E-state index contributed by atoms with van der Waals surface area (Å²) in [6.07, 6.45) is 16.6. The van der Waals surface area contributed by atoms with Crippen LogP contribution in [-0.4, -0.2) is 33.4 Å². The van der Waals surface area contributed by atoms with Crippen LogP contribution in [0.2, 0.25) is 5.04 Å². The molecule has 0 aliphatic heterocycles. The number of hydrogen-bond acceptors (Lipinski definition) is 3. The minimum atomic E-state index is -4.54. The van der Waals surface area contributed by atoms with Gasteiger partial charge in [-0.2, -0.15) is 8.42 Å². The van der Waals surface area contributed by atoms with Gasteiger partial charge in [0.1, 0.15) is 0 Å². The average molecular weight is 669 g/mol. The highest BCUT2D eigenvalue weighted by Crippen LogP contribution is 2.36. The molecule has 46 heavy (non-hydrogen) atoms. The first kappa shape index (κ1) is 39.8. The number of hydrogen-bond donors (Lipinski definition) is 1. The van der Waals surface area contributed by atoms with Gasteiger partial charge in [0, 0.05) is 19.4 Å². The molecule has 0 fully saturated rings. The van der Waals surface area contributed by atoms with Crippen LogP contribution >= 0.6 is 0 Å². The van der Waals surface area contributed by atoms with Crippen molar-refractivity contribution < 1.29 is 21.8 Å². The van der Waals surface area contributed by atoms with Gasteiger partial charge in [0.05, 0.1) is 0 Å². The molecule has 2 rings (SSSR count). The van der Waals surface area contributed by atoms with Gasteiger partial charge in [-0.15, -0.1) is 0 Å². The molecule has 0 amide bonds. The van der Waals surface area contributed by atoms with Gasteiger partial charge in [-0.3, -0.25) is 4.55 Å². The van der Waals surface area contributed by atoms with E-state index in [1.165, 1.54) is 42.5 Å². The van der Waals surface area contributed by atoms with E-state index in [9.17, 15) is 12.8 Å². The maximum Gasteiger partial charge on any atom is 0.297 e. The third kappa shape index (κ3) is 15.0. The Kier molecular flexibility index (Phi) is 19.2. The summed E-state index contributed by atoms with van der Waals surface area (Å²) in [4.78, 5) is 0. The van der Waals surface area contributed by atoms with Crippen molar-refractivity contribution in [2.24, 2.45) is 0 Å². The number of unbranched alkanes of at least 4 members (excludes halogenated alkanes) is 14. The lowest BCUT2D eigenvalue weighted by Crippen LogP contribution is -2.66. The highest BCUT2D eigenvalue weighted by Gasteiger charge is 2.49. The number of rotatable bonds is 22. The summed E-state index contributed by atoms with van der Waals surface area (Å²) in [7, 11) is -6.96. The molecule has 0 heterocycles. The van der Waals surface area contributed by atoms with E-state index in [1.54, 1.807) is 0 Å². The molecular formula is C39H57FO4SSi. The minimum Gasteiger partial charge on any atom is -0.407 e. The molecule has 0 radical (unpaired) electrons. The summed E-state index contributed by atoms with van der Waals surface area (Å²) in [6, 6.07) is 21.8. The van der Waals surface area contributed by atoms with E-state index in [0.717, 1.165) is 70.8 Å². The van der Waals surface area contributed by atoms with E-state index in [1.807, 2.05) is 0 Å². The lowest BCUT2D eigenvalue weighted by molar-refractivity contribution is 0.286. The molecule has 1 atom stereocenters. The molecule has 254 valence electrons. The molecule has 0 spiro atoms. The zero-order chi connectivity index (χ0) is 33.6. The Morgan fingerprint density at radius 2 is 1.07 bits per heavy atom. The molecule has 2 aromatic rings. The smallest absolute Gasteiger partial charge is 0.297 e. The Bertz CT molecular complexity index is 1280. The molecule has 0 bridgehead atoms. The molecule has 0 saturated carbocycles. The fourth-order valence-electron chi connectivity index (χ4n) is 5.95. The summed E-state index contributed by atoms with van der Waals surface area (Å²) in [5.41, 5.74) is -2.15. The maximum absolute atomic E-state index is 13.1. The highest BCUT2D eigenvalue weighted by atomic mass is 32.2. The normalized spacial score (nSPS) is 12.5. The van der Waals surface area contributed by atoms with Crippen LogP contribution in [0.3, 0.4) is 0 Å². The number of halogens is 1. The molecule has 2 aromatic carbocycles. The average Bonchev–Trinajstić information content (AvgIpc) is 3.03. The van der Waals surface area contributed by atoms with Gasteiger partial charge in [-0.1, -0.05) is 157 Å². The second-order valence-corrected chi connectivity index (χ2v) is 19.1. The quantitative estimate of drug-likeness (QED) is 0.0588. The number of benzene rings is 2. The van der Waals surface area contributed by atoms with E-state index < -0.39 is 23.9 Å². The van der Waals surface area contributed by atoms with Gasteiger partial charge in [-0.25, -0.2) is 4.39 Å². The molecule has 1 N–H and O–H groups in total. The summed E-state index contributed by atoms with van der Waals surface area (Å²) in [6.45, 7) is 7.80. The van der Waals surface area contributed by atoms with Gasteiger partial charge in [0.15, 0.2) is 0 Å². The van der Waals surface area contributed by atoms with Crippen LogP contribution in [0.5, 0.6) is 0 Å². The van der Waals surface area contributed by atoms with Crippen LogP contribution in [0, 0.1) is 23.7 Å². The molecule has 1 unspecified atom stereocenters. The Hall–Kier alpha value is -2.42. The Morgan fingerprint density at radius 1 is 0.674 bits per heavy atom. The van der Waals surface area contributed by atoms with Gasteiger partial charge in [-0.05, 0) is 59.4 Å². The molecule has 0 aliphatic rings. The Balaban J connectivity index is 1.51. The van der Waals surface area contributed by atoms with Crippen molar-refractivity contribution >= 4 is 28.8 Å². The van der Waals surface area contributed by atoms with Crippen LogP contribution < -0.4 is 10.4 Å². The largest absolute Gasteiger partial charge is 0.407 e. The fraction of sp³-hybridized carbons (Fsp3) is 0.590. The standard InChI is InChI=1S/C39H57FO4SSi/c1-39(2,3)46(36-30-24-22-25-31-36,37-32-26-23-27-33-37)44-35-29-21-19-17-15-13-11-9-7-5-4-6-8-10-12-14-16-18-20-28-34-38(40)45(41,42)43/h22-27,30-33,38H,8-21,28-29,34-35H2,1-3H3,(H,41,42,43). The van der Waals surface area contributed by atoms with Crippen LogP contribution in [0.4, 0.5) is 4.39 Å². The van der Waals surface area contributed by atoms with Gasteiger partial charge in [0.25, 0.3) is 18.4 Å². The first-order valence-corrected chi connectivity index (χ1v) is 20.8. The lowest BCUT2D eigenvalue weighted by atomic mass is 10.1. The predicted molar refractivity (Wildman–Crippen MR) is 194 cm³/mol. The van der Waals surface area contributed by atoms with Crippen molar-refractivity contribution in [2.75, 3.05) is 6.61 Å². The third-order valence-corrected chi connectivity index (χ3v) is 14.4. The summed E-state index contributed by atoms with van der Waals surface area (Å²) in [5, 5.41) is 2.72. The molecule has 0 aliphatic carbocycles. The first-order valence-electron chi connectivity index (χ1n) is 17.4. The van der Waals surface area contributed by atoms with Crippen molar-refractivity contribution in [3.8, 4) is 23.7 Å². The minimum absolute atomic E-state index is 0.0245. The van der Waals surface area contributed by atoms with Crippen LogP contribution in [0.1, 0.15) is 130 Å². The van der Waals surface area contributed by atoms with Crippen LogP contribution in [-0.2, 0) is 14.5 Å². The predicted octanol–water partition coefficient (Wildman–Crippen LogP) is 9.38. The SMILES string of the molecule is CC(C)(C)[Si](OCCCCCCCCCC#CC#CCCCCCCCCCC(F)S(=O)(=O)O)(c1ccccc1)c1ccccc1. The van der Waals surface area contributed by atoms with Crippen LogP contribution in [0.25, 0.3) is 0 Å². The van der Waals surface area contributed by atoms with Gasteiger partial charge >= 0.3 is 0 Å². The van der Waals surface area contributed by atoms with E-state index in [4.69, 9.17) is 8.98 Å². The summed E-state index contributed by atoms with van der Waals surface area (Å²) < 4.78 is 50.0. The lowest BCUT2D eigenvalue weighted by Gasteiger charge is -2.43. The zero-order valence-corrected chi connectivity index (χ0v) is 30.4. The molecule has 7 heteroatoms. The van der Waals surface area contributed by atoms with Crippen molar-refractivity contribution in [3.63, 3.8) is 0 Å². The van der Waals surface area contributed by atoms with Crippen molar-refractivity contribution in [1.29, 1.82) is 0 Å². The van der Waals surface area contributed by atoms with E-state index in [-0.39, 0.29) is 11.5 Å². The summed E-state index contributed by atoms with van der Waals surface area (Å²) >= 11 is 0. The van der Waals surface area contributed by atoms with E-state index >= 15 is 0 Å². The monoisotopic (exact) mass is 668 g/mol. The van der Waals surface area contributed by atoms with Gasteiger partial charge in [0.2, 0.25) is 5.50 Å². The zero-order valence-electron chi connectivity index (χ0n) is 28.5. The van der Waals surface area contributed by atoms with Crippen molar-refractivity contribution in [1.82, 2.24) is 0 Å². The van der Waals surface area contributed by atoms with Gasteiger partial charge < -0.3 is 4.43 Å². The second-order valence-electron chi connectivity index (χ2n) is 13.3. The second kappa shape index (κ2) is 22.2. The Labute approximate surface area is 281 Å². The van der Waals surface area contributed by atoms with Crippen LogP contribution in [0.15, 0.2) is 60.7 Å². The van der Waals surface area contributed by atoms with E-state index in [0.29, 0.717) is 6.42 Å². The first-order chi connectivity index (χ1) is 22.1. The third-order valence-electron chi connectivity index (χ3n) is 8.48. The molecule has 0 saturated heterocycles. The van der Waals surface area contributed by atoms with Crippen molar-refractivity contribution in [3.05, 3.63) is 60.7 Å².